The molecule has 26 heavy (non-hydrogen) atoms. The highest BCUT2D eigenvalue weighted by Crippen LogP contribution is 2.25. The highest BCUT2D eigenvalue weighted by Gasteiger charge is 2.19. The number of rotatable bonds is 6. The molecule has 2 aromatic carbocycles. The maximum Gasteiger partial charge on any atom is 0.251 e. The Balaban J connectivity index is 2.19. The van der Waals surface area contributed by atoms with E-state index in [4.69, 9.17) is 0 Å². The highest BCUT2D eigenvalue weighted by atomic mass is 16.2. The number of amides is 2. The summed E-state index contributed by atoms with van der Waals surface area (Å²) < 4.78 is 0. The molecule has 0 saturated heterocycles. The van der Waals surface area contributed by atoms with Crippen LogP contribution in [0.15, 0.2) is 48.5 Å². The van der Waals surface area contributed by atoms with Crippen LogP contribution in [0.1, 0.15) is 68.1 Å². The van der Waals surface area contributed by atoms with Crippen molar-refractivity contribution in [3.05, 3.63) is 65.2 Å². The fraction of sp³-hybridized carbons (Fsp3) is 0.364. The summed E-state index contributed by atoms with van der Waals surface area (Å²) in [6.45, 7) is 9.96. The Morgan fingerprint density at radius 2 is 1.50 bits per heavy atom. The molecular weight excluding hydrogens is 324 g/mol. The van der Waals surface area contributed by atoms with Crippen LogP contribution in [0.2, 0.25) is 0 Å². The van der Waals surface area contributed by atoms with Gasteiger partial charge < -0.3 is 10.6 Å². The van der Waals surface area contributed by atoms with Crippen molar-refractivity contribution in [3.8, 4) is 0 Å². The van der Waals surface area contributed by atoms with E-state index in [1.807, 2.05) is 0 Å². The maximum absolute atomic E-state index is 12.7. The average molecular weight is 352 g/mol. The fourth-order valence-electron chi connectivity index (χ4n) is 2.89. The molecular formula is C22H28N2O2. The van der Waals surface area contributed by atoms with Crippen LogP contribution in [0.3, 0.4) is 0 Å². The first-order valence-corrected chi connectivity index (χ1v) is 9.06. The van der Waals surface area contributed by atoms with Gasteiger partial charge in [-0.2, -0.15) is 0 Å². The number of carbonyl (C=O) groups excluding carboxylic acids is 2. The Labute approximate surface area is 156 Å². The average Bonchev–Trinajstić information content (AvgIpc) is 2.59. The van der Waals surface area contributed by atoms with E-state index in [9.17, 15) is 9.59 Å². The molecule has 0 radical (unpaired) electrons. The number of hydrogen-bond donors (Lipinski definition) is 2. The van der Waals surface area contributed by atoms with Crippen molar-refractivity contribution in [1.29, 1.82) is 0 Å². The molecule has 0 saturated carbocycles. The largest absolute Gasteiger partial charge is 0.345 e. The minimum Gasteiger partial charge on any atom is -0.345 e. The van der Waals surface area contributed by atoms with Crippen molar-refractivity contribution in [2.45, 2.75) is 46.6 Å². The van der Waals surface area contributed by atoms with Gasteiger partial charge in [0.25, 0.3) is 5.91 Å². The first-order valence-electron chi connectivity index (χ1n) is 9.06. The van der Waals surface area contributed by atoms with Crippen LogP contribution >= 0.6 is 0 Å². The van der Waals surface area contributed by atoms with Crippen molar-refractivity contribution >= 4 is 17.5 Å². The van der Waals surface area contributed by atoms with Gasteiger partial charge in [-0.25, -0.2) is 0 Å². The summed E-state index contributed by atoms with van der Waals surface area (Å²) in [5.74, 6) is 0.423. The Kier molecular flexibility index (Phi) is 6.56. The van der Waals surface area contributed by atoms with E-state index in [1.165, 1.54) is 12.5 Å². The molecule has 1 atom stereocenters. The van der Waals surface area contributed by atoms with Crippen molar-refractivity contribution in [3.63, 3.8) is 0 Å². The Hall–Kier alpha value is -2.62. The van der Waals surface area contributed by atoms with E-state index in [0.29, 0.717) is 17.2 Å². The van der Waals surface area contributed by atoms with Gasteiger partial charge in [-0.05, 0) is 41.2 Å². The number of carbonyl (C=O) groups is 2. The molecule has 2 rings (SSSR count). The van der Waals surface area contributed by atoms with E-state index in [0.717, 1.165) is 5.56 Å². The van der Waals surface area contributed by atoms with Crippen LogP contribution in [0.4, 0.5) is 5.69 Å². The first kappa shape index (κ1) is 19.7. The Bertz CT molecular complexity index is 764. The molecule has 138 valence electrons. The zero-order valence-corrected chi connectivity index (χ0v) is 16.2. The third kappa shape index (κ3) is 5.19. The second-order valence-corrected chi connectivity index (χ2v) is 7.28. The SMILES string of the molecule is CC(=O)Nc1cccc(C(=O)NC(c2ccc(C(C)C)cc2)C(C)C)c1. The quantitative estimate of drug-likeness (QED) is 0.777. The third-order valence-electron chi connectivity index (χ3n) is 4.36. The topological polar surface area (TPSA) is 58.2 Å². The van der Waals surface area contributed by atoms with Crippen molar-refractivity contribution in [1.82, 2.24) is 5.32 Å². The maximum atomic E-state index is 12.7. The van der Waals surface area contributed by atoms with Crippen LogP contribution in [0.5, 0.6) is 0 Å². The standard InChI is InChI=1S/C22H28N2O2/c1-14(2)17-9-11-18(12-10-17)21(15(3)4)24-22(26)19-7-6-8-20(13-19)23-16(5)25/h6-15,21H,1-5H3,(H,23,25)(H,24,26). The lowest BCUT2D eigenvalue weighted by Crippen LogP contribution is -2.31. The van der Waals surface area contributed by atoms with Gasteiger partial charge in [0.15, 0.2) is 0 Å². The van der Waals surface area contributed by atoms with E-state index in [1.54, 1.807) is 24.3 Å². The second kappa shape index (κ2) is 8.65. The molecule has 1 unspecified atom stereocenters. The molecule has 0 aromatic heterocycles. The zero-order valence-electron chi connectivity index (χ0n) is 16.2. The Morgan fingerprint density at radius 1 is 0.885 bits per heavy atom. The van der Waals surface area contributed by atoms with E-state index in [2.05, 4.69) is 62.6 Å². The molecule has 2 aromatic rings. The van der Waals surface area contributed by atoms with Crippen LogP contribution in [0, 0.1) is 5.92 Å². The van der Waals surface area contributed by atoms with Gasteiger partial charge in [-0.15, -0.1) is 0 Å². The summed E-state index contributed by atoms with van der Waals surface area (Å²) >= 11 is 0. The number of benzene rings is 2. The summed E-state index contributed by atoms with van der Waals surface area (Å²) in [4.78, 5) is 23.9. The summed E-state index contributed by atoms with van der Waals surface area (Å²) in [5.41, 5.74) is 3.52. The fourth-order valence-corrected chi connectivity index (χ4v) is 2.89. The molecule has 4 heteroatoms. The molecule has 0 aliphatic heterocycles. The molecule has 0 bridgehead atoms. The number of anilines is 1. The Morgan fingerprint density at radius 3 is 2.04 bits per heavy atom. The van der Waals surface area contributed by atoms with Crippen LogP contribution < -0.4 is 10.6 Å². The van der Waals surface area contributed by atoms with E-state index < -0.39 is 0 Å². The molecule has 0 fully saturated rings. The van der Waals surface area contributed by atoms with Gasteiger partial charge in [0.2, 0.25) is 5.91 Å². The van der Waals surface area contributed by atoms with Gasteiger partial charge in [0, 0.05) is 18.2 Å². The van der Waals surface area contributed by atoms with E-state index >= 15 is 0 Å². The second-order valence-electron chi connectivity index (χ2n) is 7.28. The van der Waals surface area contributed by atoms with Gasteiger partial charge >= 0.3 is 0 Å². The summed E-state index contributed by atoms with van der Waals surface area (Å²) in [6, 6.07) is 15.3. The monoisotopic (exact) mass is 352 g/mol. The molecule has 2 N–H and O–H groups in total. The smallest absolute Gasteiger partial charge is 0.251 e. The lowest BCUT2D eigenvalue weighted by Gasteiger charge is -2.23. The molecule has 0 heterocycles. The number of nitrogens with one attached hydrogen (secondary N) is 2. The predicted octanol–water partition coefficient (Wildman–Crippen LogP) is 4.90. The minimum absolute atomic E-state index is 0.0758. The van der Waals surface area contributed by atoms with Crippen LogP contribution in [0.25, 0.3) is 0 Å². The summed E-state index contributed by atoms with van der Waals surface area (Å²) in [7, 11) is 0. The first-order chi connectivity index (χ1) is 12.3. The summed E-state index contributed by atoms with van der Waals surface area (Å²) in [5, 5.41) is 5.83. The number of hydrogen-bond acceptors (Lipinski definition) is 2. The van der Waals surface area contributed by atoms with E-state index in [-0.39, 0.29) is 23.8 Å². The van der Waals surface area contributed by atoms with Gasteiger partial charge in [0.05, 0.1) is 6.04 Å². The van der Waals surface area contributed by atoms with Gasteiger partial charge in [-0.1, -0.05) is 58.0 Å². The minimum atomic E-state index is -0.159. The lowest BCUT2D eigenvalue weighted by molar-refractivity contribution is -0.114. The predicted molar refractivity (Wildman–Crippen MR) is 106 cm³/mol. The molecule has 0 aliphatic rings. The van der Waals surface area contributed by atoms with Crippen molar-refractivity contribution in [2.24, 2.45) is 5.92 Å². The lowest BCUT2D eigenvalue weighted by atomic mass is 9.93. The normalized spacial score (nSPS) is 12.1. The zero-order chi connectivity index (χ0) is 19.3. The van der Waals surface area contributed by atoms with Crippen LogP contribution in [-0.2, 0) is 4.79 Å². The molecule has 0 aliphatic carbocycles. The third-order valence-corrected chi connectivity index (χ3v) is 4.36. The molecule has 4 nitrogen and oxygen atoms in total. The van der Waals surface area contributed by atoms with Crippen molar-refractivity contribution < 1.29 is 9.59 Å². The molecule has 0 spiro atoms. The van der Waals surface area contributed by atoms with Crippen LogP contribution in [-0.4, -0.2) is 11.8 Å². The molecule has 2 amide bonds. The van der Waals surface area contributed by atoms with Gasteiger partial charge in [0.1, 0.15) is 0 Å². The van der Waals surface area contributed by atoms with Gasteiger partial charge in [-0.3, -0.25) is 9.59 Å². The summed E-state index contributed by atoms with van der Waals surface area (Å²) in [6.07, 6.45) is 0. The highest BCUT2D eigenvalue weighted by molar-refractivity contribution is 5.97. The van der Waals surface area contributed by atoms with Crippen molar-refractivity contribution in [2.75, 3.05) is 5.32 Å².